The molecule has 0 aliphatic heterocycles. The van der Waals surface area contributed by atoms with Gasteiger partial charge in [0.25, 0.3) is 11.8 Å². The molecule has 9 nitrogen and oxygen atoms in total. The Morgan fingerprint density at radius 3 is 2.76 bits per heavy atom. The zero-order valence-electron chi connectivity index (χ0n) is 18.5. The first kappa shape index (κ1) is 22.1. The maximum absolute atomic E-state index is 12.6. The number of hydrogen-bond donors (Lipinski definition) is 2. The van der Waals surface area contributed by atoms with E-state index in [1.807, 2.05) is 24.3 Å². The van der Waals surface area contributed by atoms with E-state index in [0.29, 0.717) is 5.56 Å². The average molecular weight is 479 g/mol. The van der Waals surface area contributed by atoms with Crippen LogP contribution in [0.5, 0.6) is 0 Å². The van der Waals surface area contributed by atoms with Gasteiger partial charge in [-0.05, 0) is 56.0 Å². The van der Waals surface area contributed by atoms with Gasteiger partial charge in [-0.2, -0.15) is 0 Å². The number of carbonyl (C=O) groups excluding carboxylic acids is 2. The molecule has 0 spiro atoms. The predicted octanol–water partition coefficient (Wildman–Crippen LogP) is 4.01. The van der Waals surface area contributed by atoms with Gasteiger partial charge in [-0.1, -0.05) is 22.8 Å². The Kier molecular flexibility index (Phi) is 6.02. The van der Waals surface area contributed by atoms with Crippen LogP contribution in [0.4, 0.5) is 0 Å². The van der Waals surface area contributed by atoms with Crippen molar-refractivity contribution in [1.82, 2.24) is 30.3 Å². The fraction of sp³-hybridized carbons (Fsp3) is 0.292. The lowest BCUT2D eigenvalue weighted by Gasteiger charge is -2.31. The van der Waals surface area contributed by atoms with E-state index in [2.05, 4.69) is 25.3 Å². The second-order valence-corrected chi connectivity index (χ2v) is 8.69. The summed E-state index contributed by atoms with van der Waals surface area (Å²) in [4.78, 5) is 34.1. The van der Waals surface area contributed by atoms with Crippen LogP contribution in [-0.2, 0) is 0 Å². The van der Waals surface area contributed by atoms with E-state index in [4.69, 9.17) is 21.1 Å². The van der Waals surface area contributed by atoms with Crippen molar-refractivity contribution in [3.05, 3.63) is 65.1 Å². The van der Waals surface area contributed by atoms with Crippen LogP contribution in [0.25, 0.3) is 22.6 Å². The molecule has 4 aromatic rings. The third kappa shape index (κ3) is 4.26. The maximum Gasteiger partial charge on any atom is 0.290 e. The van der Waals surface area contributed by atoms with E-state index < -0.39 is 0 Å². The lowest BCUT2D eigenvalue weighted by Crippen LogP contribution is -2.38. The molecule has 0 radical (unpaired) electrons. The Labute approximate surface area is 200 Å². The summed E-state index contributed by atoms with van der Waals surface area (Å²) in [6.45, 7) is 0. The Morgan fingerprint density at radius 2 is 2.03 bits per heavy atom. The highest BCUT2D eigenvalue weighted by Gasteiger charge is 2.29. The zero-order valence-corrected chi connectivity index (χ0v) is 19.2. The number of fused-ring (bicyclic) bond motifs is 1. The summed E-state index contributed by atoms with van der Waals surface area (Å²) in [6.07, 6.45) is 5.18. The molecule has 0 unspecified atom stereocenters. The molecule has 1 aromatic carbocycles. The summed E-state index contributed by atoms with van der Waals surface area (Å²) in [5.74, 6) is 0.337. The van der Waals surface area contributed by atoms with Crippen LogP contribution in [0.1, 0.15) is 52.6 Å². The molecule has 1 aliphatic carbocycles. The summed E-state index contributed by atoms with van der Waals surface area (Å²) in [5, 5.41) is 9.42. The number of rotatable bonds is 5. The predicted molar refractivity (Wildman–Crippen MR) is 127 cm³/mol. The number of nitrogens with zero attached hydrogens (tertiary/aromatic N) is 4. The topological polar surface area (TPSA) is 115 Å². The number of imidazole rings is 1. The van der Waals surface area contributed by atoms with Crippen LogP contribution < -0.4 is 10.6 Å². The van der Waals surface area contributed by atoms with Gasteiger partial charge in [0.05, 0.1) is 11.0 Å². The molecule has 2 N–H and O–H groups in total. The van der Waals surface area contributed by atoms with Crippen molar-refractivity contribution in [1.29, 1.82) is 0 Å². The average Bonchev–Trinajstić information content (AvgIpc) is 3.47. The zero-order chi connectivity index (χ0) is 23.7. The Bertz CT molecular complexity index is 1350. The second kappa shape index (κ2) is 9.26. The van der Waals surface area contributed by atoms with E-state index in [1.54, 1.807) is 25.4 Å². The third-order valence-electron chi connectivity index (χ3n) is 6.12. The molecule has 2 atom stereocenters. The highest BCUT2D eigenvalue weighted by molar-refractivity contribution is 6.29. The quantitative estimate of drug-likeness (QED) is 0.447. The first-order valence-electron chi connectivity index (χ1n) is 11.1. The largest absolute Gasteiger partial charge is 0.355 e. The van der Waals surface area contributed by atoms with Crippen molar-refractivity contribution < 1.29 is 14.1 Å². The molecule has 5 rings (SSSR count). The molecule has 0 saturated heterocycles. The minimum Gasteiger partial charge on any atom is -0.355 e. The summed E-state index contributed by atoms with van der Waals surface area (Å²) in [7, 11) is 1.60. The van der Waals surface area contributed by atoms with Crippen molar-refractivity contribution >= 4 is 34.4 Å². The van der Waals surface area contributed by atoms with E-state index in [0.717, 1.165) is 48.2 Å². The summed E-state index contributed by atoms with van der Waals surface area (Å²) in [6, 6.07) is 12.7. The number of amides is 2. The number of halogens is 1. The van der Waals surface area contributed by atoms with Gasteiger partial charge >= 0.3 is 0 Å². The molecule has 3 aromatic heterocycles. The number of pyridine rings is 1. The van der Waals surface area contributed by atoms with Gasteiger partial charge in [-0.25, -0.2) is 4.98 Å². The fourth-order valence-corrected chi connectivity index (χ4v) is 4.71. The Hall–Kier alpha value is -3.72. The lowest BCUT2D eigenvalue weighted by molar-refractivity contribution is 0.0883. The van der Waals surface area contributed by atoms with Gasteiger partial charge in [-0.15, -0.1) is 0 Å². The van der Waals surface area contributed by atoms with E-state index in [-0.39, 0.29) is 34.8 Å². The van der Waals surface area contributed by atoms with Gasteiger partial charge in [0.1, 0.15) is 5.69 Å². The van der Waals surface area contributed by atoms with Crippen molar-refractivity contribution in [2.75, 3.05) is 7.05 Å². The molecule has 10 heteroatoms. The Balaban J connectivity index is 1.49. The number of nitrogens with one attached hydrogen (secondary N) is 2. The number of hydrogen-bond acceptors (Lipinski definition) is 6. The standard InChI is InChI=1S/C24H23ClN6O3/c1-26-23(32)14-8-9-19-18(11-14)29-22(17-7-2-3-10-27-17)31(19)16-6-4-5-15(12-16)28-24(33)20-13-21(25)30-34-20/h2-3,7-11,13,15-16H,4-6,12H2,1H3,(H,26,32)(H,28,33)/t15-,16+/m0/s1. The summed E-state index contributed by atoms with van der Waals surface area (Å²) in [5.41, 5.74) is 2.95. The van der Waals surface area contributed by atoms with Crippen LogP contribution >= 0.6 is 11.6 Å². The SMILES string of the molecule is CNC(=O)c1ccc2c(c1)nc(-c1ccccn1)n2[C@@H]1CCC[C@H](NC(=O)c2cc(Cl)no2)C1. The molecular weight excluding hydrogens is 456 g/mol. The highest BCUT2D eigenvalue weighted by atomic mass is 35.5. The first-order valence-corrected chi connectivity index (χ1v) is 11.5. The molecule has 1 fully saturated rings. The van der Waals surface area contributed by atoms with E-state index >= 15 is 0 Å². The van der Waals surface area contributed by atoms with Crippen LogP contribution in [0.15, 0.2) is 53.2 Å². The molecule has 3 heterocycles. The lowest BCUT2D eigenvalue weighted by atomic mass is 9.90. The molecule has 174 valence electrons. The fourth-order valence-electron chi connectivity index (χ4n) is 4.58. The van der Waals surface area contributed by atoms with Crippen molar-refractivity contribution in [3.63, 3.8) is 0 Å². The van der Waals surface area contributed by atoms with Gasteiger partial charge in [0, 0.05) is 37.0 Å². The van der Waals surface area contributed by atoms with Gasteiger partial charge in [0.15, 0.2) is 11.0 Å². The minimum atomic E-state index is -0.333. The molecule has 2 amide bonds. The van der Waals surface area contributed by atoms with Crippen LogP contribution in [-0.4, -0.2) is 44.6 Å². The molecule has 1 saturated carbocycles. The van der Waals surface area contributed by atoms with Gasteiger partial charge in [-0.3, -0.25) is 14.6 Å². The first-order chi connectivity index (χ1) is 16.5. The van der Waals surface area contributed by atoms with Gasteiger partial charge in [0.2, 0.25) is 5.76 Å². The second-order valence-electron chi connectivity index (χ2n) is 8.31. The number of benzene rings is 1. The van der Waals surface area contributed by atoms with Crippen molar-refractivity contribution in [2.24, 2.45) is 0 Å². The number of aromatic nitrogens is 4. The van der Waals surface area contributed by atoms with Gasteiger partial charge < -0.3 is 19.7 Å². The smallest absolute Gasteiger partial charge is 0.290 e. The normalized spacial score (nSPS) is 18.1. The van der Waals surface area contributed by atoms with E-state index in [9.17, 15) is 9.59 Å². The van der Waals surface area contributed by atoms with Crippen LogP contribution in [0.3, 0.4) is 0 Å². The highest BCUT2D eigenvalue weighted by Crippen LogP contribution is 2.36. The molecule has 0 bridgehead atoms. The summed E-state index contributed by atoms with van der Waals surface area (Å²) >= 11 is 5.78. The van der Waals surface area contributed by atoms with Crippen molar-refractivity contribution in [3.8, 4) is 11.5 Å². The molecular formula is C24H23ClN6O3. The summed E-state index contributed by atoms with van der Waals surface area (Å²) < 4.78 is 7.18. The Morgan fingerprint density at radius 1 is 1.15 bits per heavy atom. The molecule has 34 heavy (non-hydrogen) atoms. The number of carbonyl (C=O) groups is 2. The van der Waals surface area contributed by atoms with E-state index in [1.165, 1.54) is 6.07 Å². The third-order valence-corrected chi connectivity index (χ3v) is 6.30. The van der Waals surface area contributed by atoms with Crippen LogP contribution in [0, 0.1) is 0 Å². The van der Waals surface area contributed by atoms with Crippen molar-refractivity contribution in [2.45, 2.75) is 37.8 Å². The van der Waals surface area contributed by atoms with Crippen LogP contribution in [0.2, 0.25) is 5.15 Å². The maximum atomic E-state index is 12.6. The monoisotopic (exact) mass is 478 g/mol. The molecule has 1 aliphatic rings. The minimum absolute atomic E-state index is 0.0469.